The van der Waals surface area contributed by atoms with Gasteiger partial charge < -0.3 is 19.9 Å². The highest BCUT2D eigenvalue weighted by Crippen LogP contribution is 2.28. The Kier molecular flexibility index (Phi) is 4.21. The van der Waals surface area contributed by atoms with Crippen molar-refractivity contribution in [1.82, 2.24) is 15.1 Å². The molecule has 2 atom stereocenters. The standard InChI is InChI=1S/C14H23N3O3/c18-13-2-1-11-9-15-4-3-12(11)17(13)10-14(19)16-5-7-20-8-6-16/h11-12,15H,1-10H2. The first-order chi connectivity index (χ1) is 9.75. The van der Waals surface area contributed by atoms with Gasteiger partial charge in [-0.1, -0.05) is 0 Å². The van der Waals surface area contributed by atoms with Crippen molar-refractivity contribution >= 4 is 11.8 Å². The number of carbonyl (C=O) groups is 2. The van der Waals surface area contributed by atoms with E-state index in [0.717, 1.165) is 25.9 Å². The van der Waals surface area contributed by atoms with Crippen LogP contribution in [0.2, 0.25) is 0 Å². The smallest absolute Gasteiger partial charge is 0.242 e. The number of carbonyl (C=O) groups excluding carboxylic acids is 2. The SMILES string of the molecule is O=C(CN1C(=O)CCC2CNCCC21)N1CCOCC1. The molecule has 20 heavy (non-hydrogen) atoms. The molecule has 6 heteroatoms. The predicted octanol–water partition coefficient (Wildman–Crippen LogP) is -0.554. The molecule has 0 bridgehead atoms. The van der Waals surface area contributed by atoms with Crippen LogP contribution in [-0.2, 0) is 14.3 Å². The first-order valence-corrected chi connectivity index (χ1v) is 7.61. The molecule has 0 aliphatic carbocycles. The molecular formula is C14H23N3O3. The number of rotatable bonds is 2. The summed E-state index contributed by atoms with van der Waals surface area (Å²) in [6, 6.07) is 0.252. The van der Waals surface area contributed by atoms with Gasteiger partial charge in [-0.15, -0.1) is 0 Å². The molecule has 3 fully saturated rings. The molecule has 3 heterocycles. The number of nitrogens with zero attached hydrogens (tertiary/aromatic N) is 2. The summed E-state index contributed by atoms with van der Waals surface area (Å²) in [7, 11) is 0. The summed E-state index contributed by atoms with van der Waals surface area (Å²) in [5.74, 6) is 0.731. The zero-order valence-corrected chi connectivity index (χ0v) is 11.8. The summed E-state index contributed by atoms with van der Waals surface area (Å²) in [5.41, 5.74) is 0. The highest BCUT2D eigenvalue weighted by molar-refractivity contribution is 5.85. The third kappa shape index (κ3) is 2.81. The predicted molar refractivity (Wildman–Crippen MR) is 73.1 cm³/mol. The normalized spacial score (nSPS) is 31.1. The molecule has 3 rings (SSSR count). The Morgan fingerprint density at radius 2 is 2.10 bits per heavy atom. The van der Waals surface area contributed by atoms with Gasteiger partial charge in [0.05, 0.1) is 13.2 Å². The molecule has 2 unspecified atom stereocenters. The molecule has 0 saturated carbocycles. The topological polar surface area (TPSA) is 61.9 Å². The lowest BCUT2D eigenvalue weighted by molar-refractivity contribution is -0.149. The van der Waals surface area contributed by atoms with Crippen molar-refractivity contribution in [3.05, 3.63) is 0 Å². The maximum atomic E-state index is 12.3. The van der Waals surface area contributed by atoms with Gasteiger partial charge in [-0.2, -0.15) is 0 Å². The maximum Gasteiger partial charge on any atom is 0.242 e. The molecule has 0 aromatic rings. The molecule has 3 aliphatic heterocycles. The summed E-state index contributed by atoms with van der Waals surface area (Å²) in [5, 5.41) is 3.39. The van der Waals surface area contributed by atoms with Crippen LogP contribution in [0.5, 0.6) is 0 Å². The molecule has 112 valence electrons. The number of hydrogen-bond donors (Lipinski definition) is 1. The molecule has 3 saturated heterocycles. The van der Waals surface area contributed by atoms with Crippen LogP contribution in [0.4, 0.5) is 0 Å². The fourth-order valence-electron chi connectivity index (χ4n) is 3.52. The van der Waals surface area contributed by atoms with E-state index in [1.54, 1.807) is 0 Å². The molecule has 3 aliphatic rings. The van der Waals surface area contributed by atoms with Gasteiger partial charge >= 0.3 is 0 Å². The zero-order chi connectivity index (χ0) is 13.9. The zero-order valence-electron chi connectivity index (χ0n) is 11.8. The van der Waals surface area contributed by atoms with Crippen molar-refractivity contribution in [2.45, 2.75) is 25.3 Å². The lowest BCUT2D eigenvalue weighted by Gasteiger charge is -2.44. The number of nitrogens with one attached hydrogen (secondary N) is 1. The number of likely N-dealkylation sites (tertiary alicyclic amines) is 1. The van der Waals surface area contributed by atoms with Crippen LogP contribution < -0.4 is 5.32 Å². The number of ether oxygens (including phenoxy) is 1. The van der Waals surface area contributed by atoms with Gasteiger partial charge in [0.2, 0.25) is 11.8 Å². The molecule has 6 nitrogen and oxygen atoms in total. The van der Waals surface area contributed by atoms with Gasteiger partial charge in [-0.25, -0.2) is 0 Å². The van der Waals surface area contributed by atoms with E-state index in [9.17, 15) is 9.59 Å². The number of piperidine rings is 2. The number of morpholine rings is 1. The number of amides is 2. The Morgan fingerprint density at radius 3 is 2.90 bits per heavy atom. The molecule has 0 radical (unpaired) electrons. The van der Waals surface area contributed by atoms with Crippen molar-refractivity contribution < 1.29 is 14.3 Å². The summed E-state index contributed by atoms with van der Waals surface area (Å²) in [4.78, 5) is 28.2. The van der Waals surface area contributed by atoms with Crippen molar-refractivity contribution in [1.29, 1.82) is 0 Å². The van der Waals surface area contributed by atoms with Gasteiger partial charge in [0.1, 0.15) is 6.54 Å². The first kappa shape index (κ1) is 13.8. The van der Waals surface area contributed by atoms with Crippen LogP contribution >= 0.6 is 0 Å². The summed E-state index contributed by atoms with van der Waals surface area (Å²) < 4.78 is 5.26. The highest BCUT2D eigenvalue weighted by atomic mass is 16.5. The van der Waals surface area contributed by atoms with Crippen LogP contribution in [0.1, 0.15) is 19.3 Å². The van der Waals surface area contributed by atoms with E-state index in [2.05, 4.69) is 5.32 Å². The summed E-state index contributed by atoms with van der Waals surface area (Å²) in [6.45, 7) is 4.68. The quantitative estimate of drug-likeness (QED) is 0.737. The van der Waals surface area contributed by atoms with Gasteiger partial charge in [-0.05, 0) is 31.8 Å². The number of hydrogen-bond acceptors (Lipinski definition) is 4. The second kappa shape index (κ2) is 6.10. The van der Waals surface area contributed by atoms with Gasteiger partial charge in [0, 0.05) is 25.6 Å². The van der Waals surface area contributed by atoms with Crippen molar-refractivity contribution in [2.75, 3.05) is 45.9 Å². The molecule has 1 N–H and O–H groups in total. The Hall–Kier alpha value is -1.14. The van der Waals surface area contributed by atoms with E-state index in [1.165, 1.54) is 0 Å². The van der Waals surface area contributed by atoms with E-state index in [0.29, 0.717) is 38.6 Å². The van der Waals surface area contributed by atoms with Crippen molar-refractivity contribution in [3.8, 4) is 0 Å². The minimum atomic E-state index is 0.0702. The van der Waals surface area contributed by atoms with E-state index in [1.807, 2.05) is 9.80 Å². The van der Waals surface area contributed by atoms with Crippen LogP contribution in [0.3, 0.4) is 0 Å². The summed E-state index contributed by atoms with van der Waals surface area (Å²) >= 11 is 0. The van der Waals surface area contributed by atoms with Crippen molar-refractivity contribution in [3.63, 3.8) is 0 Å². The summed E-state index contributed by atoms with van der Waals surface area (Å²) in [6.07, 6.45) is 2.50. The van der Waals surface area contributed by atoms with E-state index in [4.69, 9.17) is 4.74 Å². The lowest BCUT2D eigenvalue weighted by Crippen LogP contribution is -2.58. The second-order valence-electron chi connectivity index (χ2n) is 5.87. The Labute approximate surface area is 119 Å². The van der Waals surface area contributed by atoms with Crippen LogP contribution in [-0.4, -0.2) is 73.6 Å². The fourth-order valence-corrected chi connectivity index (χ4v) is 3.52. The lowest BCUT2D eigenvalue weighted by atomic mass is 9.84. The van der Waals surface area contributed by atoms with E-state index < -0.39 is 0 Å². The Bertz CT molecular complexity index is 382. The van der Waals surface area contributed by atoms with E-state index in [-0.39, 0.29) is 24.4 Å². The number of fused-ring (bicyclic) bond motifs is 1. The van der Waals surface area contributed by atoms with Gasteiger partial charge in [0.15, 0.2) is 0 Å². The third-order valence-electron chi connectivity index (χ3n) is 4.69. The van der Waals surface area contributed by atoms with Crippen molar-refractivity contribution in [2.24, 2.45) is 5.92 Å². The maximum absolute atomic E-state index is 12.3. The largest absolute Gasteiger partial charge is 0.378 e. The average Bonchev–Trinajstić information content (AvgIpc) is 2.51. The van der Waals surface area contributed by atoms with Crippen LogP contribution in [0.15, 0.2) is 0 Å². The van der Waals surface area contributed by atoms with Gasteiger partial charge in [-0.3, -0.25) is 9.59 Å². The molecule has 2 amide bonds. The minimum absolute atomic E-state index is 0.0702. The average molecular weight is 281 g/mol. The van der Waals surface area contributed by atoms with E-state index >= 15 is 0 Å². The third-order valence-corrected chi connectivity index (χ3v) is 4.69. The molecule has 0 aromatic heterocycles. The molecular weight excluding hydrogens is 258 g/mol. The first-order valence-electron chi connectivity index (χ1n) is 7.61. The second-order valence-corrected chi connectivity index (χ2v) is 5.87. The monoisotopic (exact) mass is 281 g/mol. The fraction of sp³-hybridized carbons (Fsp3) is 0.857. The Balaban J connectivity index is 1.64. The van der Waals surface area contributed by atoms with Crippen LogP contribution in [0.25, 0.3) is 0 Å². The molecule has 0 spiro atoms. The highest BCUT2D eigenvalue weighted by Gasteiger charge is 2.38. The minimum Gasteiger partial charge on any atom is -0.378 e. The Morgan fingerprint density at radius 1 is 1.30 bits per heavy atom. The van der Waals surface area contributed by atoms with Crippen LogP contribution in [0, 0.1) is 5.92 Å². The van der Waals surface area contributed by atoms with Gasteiger partial charge in [0.25, 0.3) is 0 Å². The molecule has 0 aromatic carbocycles.